The van der Waals surface area contributed by atoms with Crippen LogP contribution < -0.4 is 5.32 Å². The first-order chi connectivity index (χ1) is 5.41. The summed E-state index contributed by atoms with van der Waals surface area (Å²) >= 11 is 0. The predicted octanol–water partition coefficient (Wildman–Crippen LogP) is 3.20. The van der Waals surface area contributed by atoms with Crippen molar-refractivity contribution in [2.75, 3.05) is 0 Å². The van der Waals surface area contributed by atoms with E-state index in [1.807, 2.05) is 12.4 Å². The number of hydrogen-bond donors (Lipinski definition) is 1. The van der Waals surface area contributed by atoms with E-state index in [2.05, 4.69) is 31.3 Å². The number of unbranched alkanes of at least 4 members (excludes halogenated alkanes) is 2. The zero-order chi connectivity index (χ0) is 8.36. The van der Waals surface area contributed by atoms with Crippen LogP contribution >= 0.6 is 0 Å². The summed E-state index contributed by atoms with van der Waals surface area (Å²) in [6.45, 7) is 4.33. The normalized spacial score (nSPS) is 11.5. The van der Waals surface area contributed by atoms with E-state index in [-0.39, 0.29) is 0 Å². The summed E-state index contributed by atoms with van der Waals surface area (Å²) in [7, 11) is 0. The molecule has 0 rings (SSSR count). The highest BCUT2D eigenvalue weighted by Crippen LogP contribution is 1.93. The van der Waals surface area contributed by atoms with Crippen molar-refractivity contribution in [3.8, 4) is 0 Å². The van der Waals surface area contributed by atoms with Gasteiger partial charge in [0.15, 0.2) is 0 Å². The molecule has 0 radical (unpaired) electrons. The molecular formula is C10H19N. The lowest BCUT2D eigenvalue weighted by atomic mass is 10.2. The molecule has 0 aromatic heterocycles. The topological polar surface area (TPSA) is 12.0 Å². The molecule has 0 aliphatic heterocycles. The Labute approximate surface area is 70.2 Å². The molecule has 0 unspecified atom stereocenters. The van der Waals surface area contributed by atoms with Gasteiger partial charge in [-0.2, -0.15) is 0 Å². The van der Waals surface area contributed by atoms with Gasteiger partial charge in [-0.25, -0.2) is 0 Å². The fourth-order valence-corrected chi connectivity index (χ4v) is 0.715. The van der Waals surface area contributed by atoms with Crippen molar-refractivity contribution < 1.29 is 0 Å². The Morgan fingerprint density at radius 3 is 2.45 bits per heavy atom. The summed E-state index contributed by atoms with van der Waals surface area (Å²) in [4.78, 5) is 0. The molecule has 0 atom stereocenters. The van der Waals surface area contributed by atoms with Gasteiger partial charge >= 0.3 is 0 Å². The van der Waals surface area contributed by atoms with E-state index in [0.717, 1.165) is 6.42 Å². The smallest absolute Gasteiger partial charge is 0.00358 e. The standard InChI is InChI=1S/C10H19N/c1-3-5-7-8-10-11-9-6-4-2/h6,8-11H,3-5,7H2,1-2H3/b9-6+,10-8+. The van der Waals surface area contributed by atoms with Crippen molar-refractivity contribution in [1.29, 1.82) is 0 Å². The van der Waals surface area contributed by atoms with E-state index in [4.69, 9.17) is 0 Å². The van der Waals surface area contributed by atoms with Crippen LogP contribution in [-0.2, 0) is 0 Å². The molecule has 64 valence electrons. The molecular weight excluding hydrogens is 134 g/mol. The Bertz CT molecular complexity index is 114. The molecule has 1 heteroatoms. The van der Waals surface area contributed by atoms with Gasteiger partial charge in [-0.05, 0) is 25.2 Å². The third-order valence-corrected chi connectivity index (χ3v) is 1.39. The van der Waals surface area contributed by atoms with Crippen molar-refractivity contribution in [3.05, 3.63) is 24.6 Å². The fourth-order valence-electron chi connectivity index (χ4n) is 0.715. The second kappa shape index (κ2) is 9.28. The molecule has 0 amide bonds. The van der Waals surface area contributed by atoms with Crippen LogP contribution in [0, 0.1) is 0 Å². The van der Waals surface area contributed by atoms with Crippen LogP contribution in [0.4, 0.5) is 0 Å². The van der Waals surface area contributed by atoms with E-state index in [9.17, 15) is 0 Å². The Balaban J connectivity index is 3.09. The van der Waals surface area contributed by atoms with Crippen molar-refractivity contribution in [2.45, 2.75) is 39.5 Å². The van der Waals surface area contributed by atoms with Gasteiger partial charge in [0.25, 0.3) is 0 Å². The van der Waals surface area contributed by atoms with E-state index in [0.29, 0.717) is 0 Å². The number of hydrogen-bond acceptors (Lipinski definition) is 1. The number of rotatable bonds is 6. The largest absolute Gasteiger partial charge is 0.368 e. The maximum absolute atomic E-state index is 3.08. The van der Waals surface area contributed by atoms with Gasteiger partial charge in [0.05, 0.1) is 0 Å². The van der Waals surface area contributed by atoms with Crippen LogP contribution in [0.1, 0.15) is 39.5 Å². The molecule has 0 heterocycles. The molecule has 1 nitrogen and oxygen atoms in total. The lowest BCUT2D eigenvalue weighted by Crippen LogP contribution is -1.90. The Hall–Kier alpha value is -0.720. The van der Waals surface area contributed by atoms with E-state index < -0.39 is 0 Å². The van der Waals surface area contributed by atoms with Crippen LogP contribution in [-0.4, -0.2) is 0 Å². The van der Waals surface area contributed by atoms with Crippen LogP contribution in [0.5, 0.6) is 0 Å². The number of nitrogens with one attached hydrogen (secondary N) is 1. The first-order valence-electron chi connectivity index (χ1n) is 4.47. The van der Waals surface area contributed by atoms with E-state index in [1.54, 1.807) is 0 Å². The Morgan fingerprint density at radius 2 is 1.82 bits per heavy atom. The summed E-state index contributed by atoms with van der Waals surface area (Å²) in [6.07, 6.45) is 13.1. The average molecular weight is 153 g/mol. The highest BCUT2D eigenvalue weighted by molar-refractivity contribution is 4.87. The van der Waals surface area contributed by atoms with Crippen LogP contribution in [0.15, 0.2) is 24.6 Å². The SMILES string of the molecule is CC/C=C/N/C=C/CCCC. The number of allylic oxidation sites excluding steroid dienone is 2. The molecule has 0 saturated heterocycles. The zero-order valence-corrected chi connectivity index (χ0v) is 7.64. The summed E-state index contributed by atoms with van der Waals surface area (Å²) in [5.41, 5.74) is 0. The molecule has 0 aliphatic carbocycles. The van der Waals surface area contributed by atoms with Gasteiger partial charge in [-0.15, -0.1) is 0 Å². The van der Waals surface area contributed by atoms with Gasteiger partial charge in [-0.1, -0.05) is 38.8 Å². The van der Waals surface area contributed by atoms with Gasteiger partial charge in [0, 0.05) is 0 Å². The molecule has 0 bridgehead atoms. The first-order valence-corrected chi connectivity index (χ1v) is 4.47. The van der Waals surface area contributed by atoms with Gasteiger partial charge in [-0.3, -0.25) is 0 Å². The minimum Gasteiger partial charge on any atom is -0.368 e. The van der Waals surface area contributed by atoms with Gasteiger partial charge in [0.2, 0.25) is 0 Å². The molecule has 11 heavy (non-hydrogen) atoms. The third kappa shape index (κ3) is 9.28. The molecule has 0 spiro atoms. The second-order valence-electron chi connectivity index (χ2n) is 2.52. The van der Waals surface area contributed by atoms with E-state index in [1.165, 1.54) is 19.3 Å². The predicted molar refractivity (Wildman–Crippen MR) is 51.2 cm³/mol. The van der Waals surface area contributed by atoms with Gasteiger partial charge < -0.3 is 5.32 Å². The summed E-state index contributed by atoms with van der Waals surface area (Å²) in [5.74, 6) is 0. The average Bonchev–Trinajstić information content (AvgIpc) is 2.03. The second-order valence-corrected chi connectivity index (χ2v) is 2.52. The summed E-state index contributed by atoms with van der Waals surface area (Å²) in [6, 6.07) is 0. The van der Waals surface area contributed by atoms with Crippen LogP contribution in [0.25, 0.3) is 0 Å². The molecule has 0 saturated carbocycles. The monoisotopic (exact) mass is 153 g/mol. The molecule has 0 aromatic rings. The third-order valence-electron chi connectivity index (χ3n) is 1.39. The minimum absolute atomic E-state index is 1.09. The molecule has 1 N–H and O–H groups in total. The zero-order valence-electron chi connectivity index (χ0n) is 7.64. The van der Waals surface area contributed by atoms with Crippen molar-refractivity contribution in [2.24, 2.45) is 0 Å². The minimum atomic E-state index is 1.09. The quantitative estimate of drug-likeness (QED) is 0.578. The van der Waals surface area contributed by atoms with Crippen molar-refractivity contribution in [1.82, 2.24) is 5.32 Å². The summed E-state index contributed by atoms with van der Waals surface area (Å²) in [5, 5.41) is 3.08. The highest BCUT2D eigenvalue weighted by atomic mass is 14.8. The molecule has 0 aromatic carbocycles. The first kappa shape index (κ1) is 10.3. The Kier molecular flexibility index (Phi) is 8.67. The lowest BCUT2D eigenvalue weighted by Gasteiger charge is -1.89. The molecule has 0 aliphatic rings. The lowest BCUT2D eigenvalue weighted by molar-refractivity contribution is 0.812. The van der Waals surface area contributed by atoms with Crippen molar-refractivity contribution >= 4 is 0 Å². The van der Waals surface area contributed by atoms with Crippen molar-refractivity contribution in [3.63, 3.8) is 0 Å². The maximum atomic E-state index is 3.08. The van der Waals surface area contributed by atoms with E-state index >= 15 is 0 Å². The van der Waals surface area contributed by atoms with Gasteiger partial charge in [0.1, 0.15) is 0 Å². The van der Waals surface area contributed by atoms with Crippen LogP contribution in [0.2, 0.25) is 0 Å². The fraction of sp³-hybridized carbons (Fsp3) is 0.600. The summed E-state index contributed by atoms with van der Waals surface area (Å²) < 4.78 is 0. The van der Waals surface area contributed by atoms with Crippen LogP contribution in [0.3, 0.4) is 0 Å². The Morgan fingerprint density at radius 1 is 1.09 bits per heavy atom. The maximum Gasteiger partial charge on any atom is -0.00358 e. The highest BCUT2D eigenvalue weighted by Gasteiger charge is 1.75. The molecule has 0 fully saturated rings.